The summed E-state index contributed by atoms with van der Waals surface area (Å²) in [7, 11) is 2.11. The van der Waals surface area contributed by atoms with Crippen LogP contribution >= 0.6 is 0 Å². The Morgan fingerprint density at radius 2 is 1.25 bits per heavy atom. The Labute approximate surface area is 53.7 Å². The van der Waals surface area contributed by atoms with Crippen LogP contribution in [0.5, 0.6) is 0 Å². The zero-order chi connectivity index (χ0) is 6.99. The second-order valence-corrected chi connectivity index (χ2v) is 1.49. The molecule has 0 unspecified atom stereocenters. The zero-order valence-corrected chi connectivity index (χ0v) is 6.86. The van der Waals surface area contributed by atoms with Crippen LogP contribution in [-0.2, 0) is 0 Å². The third-order valence-corrected chi connectivity index (χ3v) is 1.08. The van der Waals surface area contributed by atoms with Gasteiger partial charge < -0.3 is 4.90 Å². The van der Waals surface area contributed by atoms with E-state index in [9.17, 15) is 0 Å². The van der Waals surface area contributed by atoms with Crippen molar-refractivity contribution in [2.45, 2.75) is 27.7 Å². The highest BCUT2D eigenvalue weighted by Gasteiger charge is 1.81. The fourth-order valence-electron chi connectivity index (χ4n) is 0.224. The molecule has 0 aliphatic carbocycles. The molecule has 1 heteroatoms. The fourth-order valence-corrected chi connectivity index (χ4v) is 0.224. The second kappa shape index (κ2) is 10.0. The summed E-state index contributed by atoms with van der Waals surface area (Å²) in [6.45, 7) is 10.6. The van der Waals surface area contributed by atoms with E-state index in [1.807, 2.05) is 13.8 Å². The molecule has 0 aromatic rings. The maximum atomic E-state index is 2.25. The van der Waals surface area contributed by atoms with Crippen LogP contribution in [0, 0.1) is 0 Å². The van der Waals surface area contributed by atoms with Crippen LogP contribution in [0.2, 0.25) is 0 Å². The molecule has 0 rings (SSSR count). The Morgan fingerprint density at radius 3 is 1.25 bits per heavy atom. The van der Waals surface area contributed by atoms with Crippen molar-refractivity contribution >= 4 is 0 Å². The lowest BCUT2D eigenvalue weighted by Gasteiger charge is -2.07. The standard InChI is InChI=1S/C5H13N.C2H6/c1-4-6(3)5-2;1-2/h4-5H2,1-3H3;1-2H3. The van der Waals surface area contributed by atoms with E-state index >= 15 is 0 Å². The van der Waals surface area contributed by atoms with Gasteiger partial charge in [-0.25, -0.2) is 0 Å². The maximum absolute atomic E-state index is 2.25. The second-order valence-electron chi connectivity index (χ2n) is 1.49. The lowest BCUT2D eigenvalue weighted by atomic mass is 10.6. The van der Waals surface area contributed by atoms with Gasteiger partial charge in [0.2, 0.25) is 0 Å². The first kappa shape index (κ1) is 10.9. The normalized spacial score (nSPS) is 8.25. The van der Waals surface area contributed by atoms with Gasteiger partial charge in [0.05, 0.1) is 0 Å². The van der Waals surface area contributed by atoms with Gasteiger partial charge >= 0.3 is 0 Å². The molecule has 0 aromatic carbocycles. The van der Waals surface area contributed by atoms with Crippen LogP contribution in [-0.4, -0.2) is 25.0 Å². The monoisotopic (exact) mass is 117 g/mol. The van der Waals surface area contributed by atoms with E-state index < -0.39 is 0 Å². The van der Waals surface area contributed by atoms with Crippen LogP contribution in [0.3, 0.4) is 0 Å². The third-order valence-electron chi connectivity index (χ3n) is 1.08. The van der Waals surface area contributed by atoms with Gasteiger partial charge in [0.25, 0.3) is 0 Å². The molecule has 0 aliphatic rings. The first-order valence-electron chi connectivity index (χ1n) is 3.49. The lowest BCUT2D eigenvalue weighted by Crippen LogP contribution is -2.15. The Bertz CT molecular complexity index is 23.6. The summed E-state index contributed by atoms with van der Waals surface area (Å²) in [5, 5.41) is 0. The highest BCUT2D eigenvalue weighted by molar-refractivity contribution is 4.36. The van der Waals surface area contributed by atoms with Crippen LogP contribution in [0.1, 0.15) is 27.7 Å². The molecule has 0 spiro atoms. The Morgan fingerprint density at radius 1 is 1.00 bits per heavy atom. The van der Waals surface area contributed by atoms with Crippen LogP contribution < -0.4 is 0 Å². The van der Waals surface area contributed by atoms with E-state index in [2.05, 4.69) is 25.8 Å². The molecule has 0 aliphatic heterocycles. The van der Waals surface area contributed by atoms with E-state index in [1.54, 1.807) is 0 Å². The Hall–Kier alpha value is -0.0400. The molecule has 0 fully saturated rings. The quantitative estimate of drug-likeness (QED) is 0.534. The third kappa shape index (κ3) is 9.35. The number of rotatable bonds is 2. The van der Waals surface area contributed by atoms with Gasteiger partial charge in [-0.2, -0.15) is 0 Å². The van der Waals surface area contributed by atoms with Gasteiger partial charge in [-0.05, 0) is 20.1 Å². The molecule has 0 heterocycles. The van der Waals surface area contributed by atoms with Gasteiger partial charge in [-0.1, -0.05) is 27.7 Å². The van der Waals surface area contributed by atoms with Gasteiger partial charge in [0, 0.05) is 0 Å². The number of hydrogen-bond acceptors (Lipinski definition) is 1. The molecular formula is C7H19N. The van der Waals surface area contributed by atoms with E-state index in [0.717, 1.165) is 13.1 Å². The van der Waals surface area contributed by atoms with Crippen LogP contribution in [0.15, 0.2) is 0 Å². The molecule has 8 heavy (non-hydrogen) atoms. The summed E-state index contributed by atoms with van der Waals surface area (Å²) in [5.41, 5.74) is 0. The highest BCUT2D eigenvalue weighted by atomic mass is 15.1. The Balaban J connectivity index is 0. The SMILES string of the molecule is CC.CCN(C)CC. The molecule has 0 saturated carbocycles. The summed E-state index contributed by atoms with van der Waals surface area (Å²) in [4.78, 5) is 2.25. The van der Waals surface area contributed by atoms with Gasteiger partial charge in [-0.15, -0.1) is 0 Å². The first-order chi connectivity index (χ1) is 3.81. The Kier molecular flexibility index (Phi) is 13.6. The molecule has 0 saturated heterocycles. The largest absolute Gasteiger partial charge is 0.307 e. The van der Waals surface area contributed by atoms with E-state index in [1.165, 1.54) is 0 Å². The molecule has 0 bridgehead atoms. The first-order valence-corrected chi connectivity index (χ1v) is 3.49. The minimum absolute atomic E-state index is 1.16. The van der Waals surface area contributed by atoms with Gasteiger partial charge in [0.1, 0.15) is 0 Å². The van der Waals surface area contributed by atoms with Crippen LogP contribution in [0.4, 0.5) is 0 Å². The van der Waals surface area contributed by atoms with Crippen molar-refractivity contribution < 1.29 is 0 Å². The van der Waals surface area contributed by atoms with Gasteiger partial charge in [0.15, 0.2) is 0 Å². The average Bonchev–Trinajstić information content (AvgIpc) is 1.91. The predicted molar refractivity (Wildman–Crippen MR) is 40.2 cm³/mol. The zero-order valence-electron chi connectivity index (χ0n) is 6.86. The van der Waals surface area contributed by atoms with Gasteiger partial charge in [-0.3, -0.25) is 0 Å². The molecule has 52 valence electrons. The summed E-state index contributed by atoms with van der Waals surface area (Å²) in [5.74, 6) is 0. The van der Waals surface area contributed by atoms with Crippen molar-refractivity contribution in [2.75, 3.05) is 20.1 Å². The smallest absolute Gasteiger partial charge is 0.00504 e. The molecule has 0 N–H and O–H groups in total. The molecule has 0 radical (unpaired) electrons. The average molecular weight is 117 g/mol. The van der Waals surface area contributed by atoms with Crippen molar-refractivity contribution in [2.24, 2.45) is 0 Å². The number of hydrogen-bond donors (Lipinski definition) is 0. The molecule has 0 amide bonds. The number of nitrogens with zero attached hydrogens (tertiary/aromatic N) is 1. The fraction of sp³-hybridized carbons (Fsp3) is 1.00. The van der Waals surface area contributed by atoms with Crippen molar-refractivity contribution in [3.8, 4) is 0 Å². The van der Waals surface area contributed by atoms with Crippen LogP contribution in [0.25, 0.3) is 0 Å². The summed E-state index contributed by atoms with van der Waals surface area (Å²) >= 11 is 0. The van der Waals surface area contributed by atoms with Crippen molar-refractivity contribution in [3.63, 3.8) is 0 Å². The molecule has 0 atom stereocenters. The van der Waals surface area contributed by atoms with E-state index in [-0.39, 0.29) is 0 Å². The van der Waals surface area contributed by atoms with Crippen molar-refractivity contribution in [1.82, 2.24) is 4.90 Å². The van der Waals surface area contributed by atoms with Crippen molar-refractivity contribution in [1.29, 1.82) is 0 Å². The summed E-state index contributed by atoms with van der Waals surface area (Å²) in [6.07, 6.45) is 0. The minimum Gasteiger partial charge on any atom is -0.307 e. The predicted octanol–water partition coefficient (Wildman–Crippen LogP) is 1.98. The molecule has 0 aromatic heterocycles. The maximum Gasteiger partial charge on any atom is -0.00504 e. The molecule has 1 nitrogen and oxygen atoms in total. The van der Waals surface area contributed by atoms with E-state index in [0.29, 0.717) is 0 Å². The summed E-state index contributed by atoms with van der Waals surface area (Å²) in [6, 6.07) is 0. The minimum atomic E-state index is 1.16. The molecular weight excluding hydrogens is 98.1 g/mol. The topological polar surface area (TPSA) is 3.24 Å². The lowest BCUT2D eigenvalue weighted by molar-refractivity contribution is 0.373. The summed E-state index contributed by atoms with van der Waals surface area (Å²) < 4.78 is 0. The van der Waals surface area contributed by atoms with Crippen molar-refractivity contribution in [3.05, 3.63) is 0 Å². The van der Waals surface area contributed by atoms with E-state index in [4.69, 9.17) is 0 Å². The highest BCUT2D eigenvalue weighted by Crippen LogP contribution is 1.73.